The van der Waals surface area contributed by atoms with E-state index in [1.54, 1.807) is 28.4 Å². The maximum atomic E-state index is 14.4. The van der Waals surface area contributed by atoms with Crippen LogP contribution in [-0.2, 0) is 14.3 Å². The number of fused-ring (bicyclic) bond motifs is 2. The normalized spacial score (nSPS) is 24.4. The first-order valence-corrected chi connectivity index (χ1v) is 30.3. The van der Waals surface area contributed by atoms with Crippen molar-refractivity contribution in [2.75, 3.05) is 72.8 Å². The molecule has 2 amide bonds. The van der Waals surface area contributed by atoms with Crippen molar-refractivity contribution >= 4 is 46.2 Å². The first kappa shape index (κ1) is 54.8. The topological polar surface area (TPSA) is 212 Å². The molecule has 5 N–H and O–H groups in total. The summed E-state index contributed by atoms with van der Waals surface area (Å²) in [5, 5.41) is 37.5. The van der Waals surface area contributed by atoms with Crippen LogP contribution in [0.15, 0.2) is 95.0 Å². The molecule has 428 valence electrons. The zero-order chi connectivity index (χ0) is 55.9. The van der Waals surface area contributed by atoms with E-state index in [-0.39, 0.29) is 60.8 Å². The molecule has 2 unspecified atom stereocenters. The number of aryl methyl sites for hydroxylation is 1. The van der Waals surface area contributed by atoms with Gasteiger partial charge in [0, 0.05) is 107 Å². The van der Waals surface area contributed by atoms with Crippen molar-refractivity contribution in [3.05, 3.63) is 107 Å². The van der Waals surface area contributed by atoms with E-state index in [1.165, 1.54) is 5.69 Å². The van der Waals surface area contributed by atoms with Crippen LogP contribution in [0.2, 0.25) is 0 Å². The van der Waals surface area contributed by atoms with E-state index in [4.69, 9.17) is 19.7 Å². The number of hydrogen-bond donors (Lipinski definition) is 4. The number of aromatic hydroxyl groups is 1. The molecule has 6 atom stereocenters. The smallest absolute Gasteiger partial charge is 0.243 e. The third-order valence-corrected chi connectivity index (χ3v) is 19.0. The summed E-state index contributed by atoms with van der Waals surface area (Å²) < 4.78 is 19.2. The summed E-state index contributed by atoms with van der Waals surface area (Å²) in [6.07, 6.45) is 8.24. The van der Waals surface area contributed by atoms with Crippen LogP contribution in [0.5, 0.6) is 11.5 Å². The van der Waals surface area contributed by atoms with E-state index in [0.29, 0.717) is 40.8 Å². The molecular formula is C62H77N11O7S. The third-order valence-electron chi connectivity index (χ3n) is 18.0. The number of nitrogens with two attached hydrogens (primary N) is 1. The first-order valence-electron chi connectivity index (χ1n) is 29.4. The number of nitrogens with one attached hydrogen (secondary N) is 1. The van der Waals surface area contributed by atoms with Crippen LogP contribution in [0.3, 0.4) is 0 Å². The number of aliphatic hydroxyl groups is 1. The number of anilines is 4. The van der Waals surface area contributed by atoms with E-state index in [9.17, 15) is 19.8 Å². The van der Waals surface area contributed by atoms with Gasteiger partial charge in [0.15, 0.2) is 17.4 Å². The van der Waals surface area contributed by atoms with E-state index < -0.39 is 18.1 Å². The van der Waals surface area contributed by atoms with E-state index in [2.05, 4.69) is 69.5 Å². The summed E-state index contributed by atoms with van der Waals surface area (Å²) in [5.74, 6) is 2.00. The molecule has 6 fully saturated rings. The summed E-state index contributed by atoms with van der Waals surface area (Å²) in [5.41, 5.74) is 14.6. The van der Waals surface area contributed by atoms with Gasteiger partial charge in [-0.1, -0.05) is 61.5 Å². The fraction of sp³-hybridized carbons (Fsp3) is 0.516. The Morgan fingerprint density at radius 1 is 0.827 bits per heavy atom. The van der Waals surface area contributed by atoms with Crippen LogP contribution in [0, 0.1) is 18.8 Å². The van der Waals surface area contributed by atoms with Gasteiger partial charge in [0.2, 0.25) is 11.8 Å². The molecule has 19 heteroatoms. The zero-order valence-electron chi connectivity index (χ0n) is 47.0. The average Bonchev–Trinajstić information content (AvgIpc) is 4.39. The van der Waals surface area contributed by atoms with Gasteiger partial charge in [0.05, 0.1) is 51.8 Å². The number of amides is 2. The van der Waals surface area contributed by atoms with Gasteiger partial charge in [-0.05, 0) is 106 Å². The van der Waals surface area contributed by atoms with Gasteiger partial charge in [0.25, 0.3) is 0 Å². The molecule has 81 heavy (non-hydrogen) atoms. The Balaban J connectivity index is 0.564. The van der Waals surface area contributed by atoms with Crippen molar-refractivity contribution < 1.29 is 33.8 Å². The third kappa shape index (κ3) is 11.8. The van der Waals surface area contributed by atoms with Crippen LogP contribution in [0.25, 0.3) is 21.7 Å². The van der Waals surface area contributed by atoms with Crippen LogP contribution < -0.4 is 30.5 Å². The summed E-state index contributed by atoms with van der Waals surface area (Å²) in [4.78, 5) is 45.1. The average molecular weight is 1120 g/mol. The highest BCUT2D eigenvalue weighted by Crippen LogP contribution is 2.42. The molecule has 0 radical (unpaired) electrons. The maximum absolute atomic E-state index is 14.4. The number of thiazole rings is 1. The number of ether oxygens (including phenoxy) is 2. The number of β-amino-alcohol motifs (C(OH)–C–C–N with tert-alkyl or cyclic N) is 1. The Bertz CT molecular complexity index is 3140. The van der Waals surface area contributed by atoms with Crippen molar-refractivity contribution in [3.8, 4) is 33.2 Å². The molecule has 1 saturated carbocycles. The number of hydrogen-bond acceptors (Lipinski definition) is 17. The lowest BCUT2D eigenvalue weighted by molar-refractivity contribution is -0.141. The maximum Gasteiger partial charge on any atom is 0.243 e. The van der Waals surface area contributed by atoms with Gasteiger partial charge < -0.3 is 59.8 Å². The minimum atomic E-state index is -0.801. The second-order valence-electron chi connectivity index (χ2n) is 23.9. The number of carbonyl (C=O) groups is 2. The number of phenols is 1. The van der Waals surface area contributed by atoms with Gasteiger partial charge in [-0.2, -0.15) is 0 Å². The molecule has 5 saturated heterocycles. The highest BCUT2D eigenvalue weighted by atomic mass is 32.1. The Labute approximate surface area is 478 Å². The quantitative estimate of drug-likeness (QED) is 0.0673. The fourth-order valence-electron chi connectivity index (χ4n) is 13.5. The lowest BCUT2D eigenvalue weighted by atomic mass is 9.91. The predicted molar refractivity (Wildman–Crippen MR) is 313 cm³/mol. The molecule has 6 aromatic rings. The van der Waals surface area contributed by atoms with E-state index in [0.717, 1.165) is 136 Å². The number of rotatable bonds is 17. The minimum absolute atomic E-state index is 0.0863. The molecule has 0 spiro atoms. The lowest BCUT2D eigenvalue weighted by Gasteiger charge is -2.44. The highest BCUT2D eigenvalue weighted by molar-refractivity contribution is 7.13. The summed E-state index contributed by atoms with van der Waals surface area (Å²) in [7, 11) is 0. The van der Waals surface area contributed by atoms with E-state index >= 15 is 0 Å². The van der Waals surface area contributed by atoms with Crippen molar-refractivity contribution in [3.63, 3.8) is 0 Å². The number of carbonyl (C=O) groups excluding carboxylic acids is 2. The predicted octanol–water partition coefficient (Wildman–Crippen LogP) is 8.60. The molecule has 18 nitrogen and oxygen atoms in total. The van der Waals surface area contributed by atoms with Crippen LogP contribution in [-0.4, -0.2) is 147 Å². The van der Waals surface area contributed by atoms with E-state index in [1.807, 2.05) is 81.7 Å². The van der Waals surface area contributed by atoms with Crippen LogP contribution in [0.1, 0.15) is 108 Å². The number of aromatic nitrogens is 4. The number of para-hydroxylation sites is 1. The monoisotopic (exact) mass is 1120 g/mol. The molecule has 3 aromatic carbocycles. The van der Waals surface area contributed by atoms with Crippen molar-refractivity contribution in [2.24, 2.45) is 11.8 Å². The number of piperazine rings is 1. The number of nitrogens with zero attached hydrogens (tertiary/aromatic N) is 9. The summed E-state index contributed by atoms with van der Waals surface area (Å²) >= 11 is 1.60. The fourth-order valence-corrected chi connectivity index (χ4v) is 14.3. The van der Waals surface area contributed by atoms with Crippen molar-refractivity contribution in [2.45, 2.75) is 140 Å². The van der Waals surface area contributed by atoms with Gasteiger partial charge in [-0.3, -0.25) is 9.59 Å². The van der Waals surface area contributed by atoms with Crippen molar-refractivity contribution in [1.29, 1.82) is 0 Å². The lowest BCUT2D eigenvalue weighted by Crippen LogP contribution is -2.54. The second-order valence-corrected chi connectivity index (χ2v) is 24.8. The minimum Gasteiger partial charge on any atom is -0.507 e. The highest BCUT2D eigenvalue weighted by Gasteiger charge is 2.45. The molecule has 12 rings (SSSR count). The largest absolute Gasteiger partial charge is 0.507 e. The van der Waals surface area contributed by atoms with Crippen LogP contribution >= 0.6 is 11.3 Å². The first-order chi connectivity index (χ1) is 39.3. The standard InChI is InChI=1S/C62H77N11O7S/c1-37(2)58(62(77)72-35-46(74)27-54(72)61(76)65-38(3)41-12-14-42(15-13-41)59-39(4)64-36-81-59)56-31-57(68-80-56)70-24-18-40(19-25-70)32-69-22-20-47(21-23-69)78-49-28-50(29-49)79-48-9-7-8-43(26-48)73-44-16-17-45(73)34-71(33-44)53-30-52(66-67-60(53)63)51-10-5-6-11-55(51)75/h5-15,26,30-31,36-38,40,44-47,49-50,54,58,74-75H,16-25,27-29,32-35H2,1-4H3,(H2,63,67)(H,65,76)/t38-,44?,45?,46+,49-,50-,54-,58+/m0/s1. The Morgan fingerprint density at radius 3 is 2.30 bits per heavy atom. The number of benzene rings is 3. The molecule has 3 aromatic heterocycles. The summed E-state index contributed by atoms with van der Waals surface area (Å²) in [6, 6.07) is 27.3. The van der Waals surface area contributed by atoms with Gasteiger partial charge in [-0.15, -0.1) is 21.5 Å². The number of piperidine rings is 2. The van der Waals surface area contributed by atoms with Gasteiger partial charge in [-0.25, -0.2) is 4.98 Å². The number of likely N-dealkylation sites (tertiary alicyclic amines) is 2. The SMILES string of the molecule is Cc1ncsc1-c1ccc([C@H](C)NC(=O)[C@@H]2C[C@@H](O)CN2C(=O)[C@@H](c2cc(N3CCC(CN4CCC(O[C@H]5C[C@H](Oc6cccc(N7C8CCC7CN(c7cc(-c9ccccc9O)nnc7N)C8)c6)C5)CC4)CC3)no2)C(C)C)cc1. The number of phenolic OH excluding ortho intramolecular Hbond substituents is 1. The number of nitrogen functional groups attached to an aromatic ring is 1. The van der Waals surface area contributed by atoms with Crippen LogP contribution in [0.4, 0.5) is 23.0 Å². The molecule has 8 heterocycles. The molecule has 2 bridgehead atoms. The number of aliphatic hydroxyl groups excluding tert-OH is 1. The molecule has 6 aliphatic rings. The Morgan fingerprint density at radius 2 is 1.58 bits per heavy atom. The zero-order valence-corrected chi connectivity index (χ0v) is 47.8. The van der Waals surface area contributed by atoms with Gasteiger partial charge >= 0.3 is 0 Å². The summed E-state index contributed by atoms with van der Waals surface area (Å²) in [6.45, 7) is 14.5. The van der Waals surface area contributed by atoms with Gasteiger partial charge in [0.1, 0.15) is 29.6 Å². The Hall–Kier alpha value is -6.80. The second kappa shape index (κ2) is 23.6. The van der Waals surface area contributed by atoms with Crippen molar-refractivity contribution in [1.82, 2.24) is 35.5 Å². The Kier molecular flexibility index (Phi) is 15.9. The molecular weight excluding hydrogens is 1040 g/mol. The molecule has 1 aliphatic carbocycles. The molecule has 5 aliphatic heterocycles.